The van der Waals surface area contributed by atoms with Crippen LogP contribution in [0.2, 0.25) is 10.0 Å². The molecule has 0 radical (unpaired) electrons. The quantitative estimate of drug-likeness (QED) is 0.551. The third-order valence-corrected chi connectivity index (χ3v) is 4.80. The standard InChI is InChI=1S/C15H16Cl2N2OS2/c16-13-4-3-11(8-14(13)17)9-19-15(21)18-5-7-22-10-12-2-1-6-20-12/h1-4,6,8H,5,7,9-10H2,(H2,18,19,21). The number of benzene rings is 1. The molecule has 2 N–H and O–H groups in total. The summed E-state index contributed by atoms with van der Waals surface area (Å²) in [6.07, 6.45) is 1.69. The fraction of sp³-hybridized carbons (Fsp3) is 0.267. The summed E-state index contributed by atoms with van der Waals surface area (Å²) in [6, 6.07) is 9.41. The predicted molar refractivity (Wildman–Crippen MR) is 98.8 cm³/mol. The molecule has 0 aliphatic heterocycles. The summed E-state index contributed by atoms with van der Waals surface area (Å²) in [5, 5.41) is 8.04. The Bertz CT molecular complexity index is 606. The van der Waals surface area contributed by atoms with Crippen LogP contribution in [0.4, 0.5) is 0 Å². The summed E-state index contributed by atoms with van der Waals surface area (Å²) in [7, 11) is 0. The van der Waals surface area contributed by atoms with Crippen LogP contribution in [0.3, 0.4) is 0 Å². The molecular weight excluding hydrogens is 359 g/mol. The van der Waals surface area contributed by atoms with Crippen molar-refractivity contribution in [1.82, 2.24) is 10.6 Å². The van der Waals surface area contributed by atoms with Crippen molar-refractivity contribution in [3.63, 3.8) is 0 Å². The maximum absolute atomic E-state index is 5.97. The smallest absolute Gasteiger partial charge is 0.166 e. The molecule has 0 aliphatic carbocycles. The van der Waals surface area contributed by atoms with Gasteiger partial charge in [0.05, 0.1) is 22.1 Å². The molecule has 0 saturated heterocycles. The van der Waals surface area contributed by atoms with E-state index in [1.165, 1.54) is 0 Å². The average Bonchev–Trinajstić information content (AvgIpc) is 3.01. The number of hydrogen-bond donors (Lipinski definition) is 2. The van der Waals surface area contributed by atoms with Gasteiger partial charge in [0.1, 0.15) is 5.76 Å². The fourth-order valence-electron chi connectivity index (χ4n) is 1.70. The highest BCUT2D eigenvalue weighted by Crippen LogP contribution is 2.22. The summed E-state index contributed by atoms with van der Waals surface area (Å²) < 4.78 is 5.27. The summed E-state index contributed by atoms with van der Waals surface area (Å²) >= 11 is 18.9. The van der Waals surface area contributed by atoms with Crippen molar-refractivity contribution in [3.05, 3.63) is 58.0 Å². The van der Waals surface area contributed by atoms with Crippen molar-refractivity contribution in [2.24, 2.45) is 0 Å². The van der Waals surface area contributed by atoms with Crippen molar-refractivity contribution < 1.29 is 4.42 Å². The molecule has 3 nitrogen and oxygen atoms in total. The number of nitrogens with one attached hydrogen (secondary N) is 2. The van der Waals surface area contributed by atoms with Gasteiger partial charge in [0.2, 0.25) is 0 Å². The van der Waals surface area contributed by atoms with Crippen LogP contribution in [0, 0.1) is 0 Å². The topological polar surface area (TPSA) is 37.2 Å². The van der Waals surface area contributed by atoms with E-state index in [2.05, 4.69) is 10.6 Å². The van der Waals surface area contributed by atoms with E-state index < -0.39 is 0 Å². The van der Waals surface area contributed by atoms with Crippen molar-refractivity contribution in [2.45, 2.75) is 12.3 Å². The van der Waals surface area contributed by atoms with Crippen molar-refractivity contribution >= 4 is 52.3 Å². The molecule has 0 fully saturated rings. The second-order valence-corrected chi connectivity index (χ2v) is 6.82. The Kier molecular flexibility index (Phi) is 7.39. The first kappa shape index (κ1) is 17.5. The van der Waals surface area contributed by atoms with E-state index in [1.807, 2.05) is 24.3 Å². The van der Waals surface area contributed by atoms with Gasteiger partial charge in [-0.25, -0.2) is 0 Å². The van der Waals surface area contributed by atoms with Gasteiger partial charge in [-0.1, -0.05) is 29.3 Å². The zero-order chi connectivity index (χ0) is 15.8. The van der Waals surface area contributed by atoms with Crippen LogP contribution in [-0.4, -0.2) is 17.4 Å². The van der Waals surface area contributed by atoms with E-state index in [0.717, 1.165) is 29.4 Å². The SMILES string of the molecule is S=C(NCCSCc1ccco1)NCc1ccc(Cl)c(Cl)c1. The van der Waals surface area contributed by atoms with Crippen molar-refractivity contribution in [3.8, 4) is 0 Å². The lowest BCUT2D eigenvalue weighted by molar-refractivity contribution is 0.530. The number of furan rings is 1. The van der Waals surface area contributed by atoms with Gasteiger partial charge >= 0.3 is 0 Å². The zero-order valence-corrected chi connectivity index (χ0v) is 14.9. The first-order chi connectivity index (χ1) is 10.6. The van der Waals surface area contributed by atoms with E-state index in [9.17, 15) is 0 Å². The minimum atomic E-state index is 0.550. The number of thiocarbonyl (C=S) groups is 1. The van der Waals surface area contributed by atoms with Gasteiger partial charge in [-0.3, -0.25) is 0 Å². The van der Waals surface area contributed by atoms with E-state index in [1.54, 1.807) is 24.1 Å². The van der Waals surface area contributed by atoms with Crippen LogP contribution in [0.5, 0.6) is 0 Å². The molecule has 0 saturated carbocycles. The first-order valence-electron chi connectivity index (χ1n) is 6.71. The fourth-order valence-corrected chi connectivity index (χ4v) is 2.95. The Morgan fingerprint density at radius 3 is 2.77 bits per heavy atom. The van der Waals surface area contributed by atoms with Crippen LogP contribution < -0.4 is 10.6 Å². The van der Waals surface area contributed by atoms with Gasteiger partial charge in [0.25, 0.3) is 0 Å². The summed E-state index contributed by atoms with van der Waals surface area (Å²) in [5.41, 5.74) is 1.03. The first-order valence-corrected chi connectivity index (χ1v) is 9.03. The summed E-state index contributed by atoms with van der Waals surface area (Å²) in [5.74, 6) is 2.82. The number of rotatable bonds is 7. The largest absolute Gasteiger partial charge is 0.468 e. The molecule has 22 heavy (non-hydrogen) atoms. The molecular formula is C15H16Cl2N2OS2. The minimum absolute atomic E-state index is 0.550. The molecule has 1 aromatic heterocycles. The Balaban J connectivity index is 1.58. The maximum Gasteiger partial charge on any atom is 0.166 e. The number of thioether (sulfide) groups is 1. The highest BCUT2D eigenvalue weighted by molar-refractivity contribution is 7.98. The Morgan fingerprint density at radius 1 is 1.18 bits per heavy atom. The molecule has 1 heterocycles. The van der Waals surface area contributed by atoms with E-state index in [-0.39, 0.29) is 0 Å². The predicted octanol–water partition coefficient (Wildman–Crippen LogP) is 4.48. The highest BCUT2D eigenvalue weighted by Gasteiger charge is 2.01. The number of hydrogen-bond acceptors (Lipinski definition) is 3. The monoisotopic (exact) mass is 374 g/mol. The highest BCUT2D eigenvalue weighted by atomic mass is 35.5. The molecule has 2 aromatic rings. The molecule has 118 valence electrons. The maximum atomic E-state index is 5.97. The van der Waals surface area contributed by atoms with Crippen molar-refractivity contribution in [2.75, 3.05) is 12.3 Å². The van der Waals surface area contributed by atoms with Crippen LogP contribution in [0.25, 0.3) is 0 Å². The second kappa shape index (κ2) is 9.30. The van der Waals surface area contributed by atoms with Gasteiger partial charge in [-0.15, -0.1) is 0 Å². The lowest BCUT2D eigenvalue weighted by Gasteiger charge is -2.10. The molecule has 0 spiro atoms. The number of halogens is 2. The molecule has 0 aliphatic rings. The summed E-state index contributed by atoms with van der Waals surface area (Å²) in [4.78, 5) is 0. The lowest BCUT2D eigenvalue weighted by Crippen LogP contribution is -2.36. The molecule has 1 aromatic carbocycles. The van der Waals surface area contributed by atoms with E-state index in [0.29, 0.717) is 21.7 Å². The minimum Gasteiger partial charge on any atom is -0.468 e. The van der Waals surface area contributed by atoms with Crippen LogP contribution in [0.1, 0.15) is 11.3 Å². The van der Waals surface area contributed by atoms with Crippen molar-refractivity contribution in [1.29, 1.82) is 0 Å². The van der Waals surface area contributed by atoms with Crippen LogP contribution >= 0.6 is 47.2 Å². The normalized spacial score (nSPS) is 10.5. The third-order valence-electron chi connectivity index (χ3n) is 2.79. The Hall–Kier alpha value is -0.880. The molecule has 2 rings (SSSR count). The van der Waals surface area contributed by atoms with Gasteiger partial charge < -0.3 is 15.1 Å². The second-order valence-electron chi connectivity index (χ2n) is 4.49. The molecule has 0 bridgehead atoms. The van der Waals surface area contributed by atoms with Crippen LogP contribution in [0.15, 0.2) is 41.0 Å². The zero-order valence-electron chi connectivity index (χ0n) is 11.8. The van der Waals surface area contributed by atoms with Gasteiger partial charge in [0.15, 0.2) is 5.11 Å². The van der Waals surface area contributed by atoms with Crippen LogP contribution in [-0.2, 0) is 12.3 Å². The van der Waals surface area contributed by atoms with Gasteiger partial charge in [0, 0.05) is 18.8 Å². The molecule has 0 atom stereocenters. The lowest BCUT2D eigenvalue weighted by atomic mass is 10.2. The Labute approximate surface area is 149 Å². The Morgan fingerprint density at radius 2 is 2.05 bits per heavy atom. The van der Waals surface area contributed by atoms with Gasteiger partial charge in [-0.05, 0) is 42.0 Å². The summed E-state index contributed by atoms with van der Waals surface area (Å²) in [6.45, 7) is 1.42. The average molecular weight is 375 g/mol. The molecule has 0 unspecified atom stereocenters. The van der Waals surface area contributed by atoms with Gasteiger partial charge in [-0.2, -0.15) is 11.8 Å². The molecule has 0 amide bonds. The van der Waals surface area contributed by atoms with E-state index >= 15 is 0 Å². The molecule has 7 heteroatoms. The van der Waals surface area contributed by atoms with E-state index in [4.69, 9.17) is 39.8 Å². The third kappa shape index (κ3) is 6.08.